The monoisotopic (exact) mass is 218 g/mol. The van der Waals surface area contributed by atoms with E-state index in [1.54, 1.807) is 0 Å². The fraction of sp³-hybridized carbons (Fsp3) is 0.643. The number of nitrogens with zero attached hydrogens (tertiary/aromatic N) is 2. The largest absolute Gasteiger partial charge is 0.292 e. The molecule has 16 heavy (non-hydrogen) atoms. The van der Waals surface area contributed by atoms with Gasteiger partial charge in [0, 0.05) is 12.2 Å². The molecule has 0 saturated carbocycles. The van der Waals surface area contributed by atoms with Crippen LogP contribution in [0.1, 0.15) is 50.4 Å². The Morgan fingerprint density at radius 2 is 2.19 bits per heavy atom. The highest BCUT2D eigenvalue weighted by molar-refractivity contribution is 5.18. The summed E-state index contributed by atoms with van der Waals surface area (Å²) < 4.78 is 0. The van der Waals surface area contributed by atoms with Crippen molar-refractivity contribution in [3.05, 3.63) is 29.6 Å². The van der Waals surface area contributed by atoms with Crippen molar-refractivity contribution in [1.29, 1.82) is 0 Å². The van der Waals surface area contributed by atoms with Gasteiger partial charge in [0.25, 0.3) is 0 Å². The van der Waals surface area contributed by atoms with Gasteiger partial charge in [0.05, 0.1) is 11.7 Å². The van der Waals surface area contributed by atoms with Crippen molar-refractivity contribution in [2.75, 3.05) is 6.54 Å². The maximum Gasteiger partial charge on any atom is 0.0578 e. The zero-order chi connectivity index (χ0) is 11.5. The highest BCUT2D eigenvalue weighted by atomic mass is 15.2. The molecule has 0 aromatic carbocycles. The molecule has 0 radical (unpaired) electrons. The molecule has 1 fully saturated rings. The topological polar surface area (TPSA) is 16.1 Å². The summed E-state index contributed by atoms with van der Waals surface area (Å²) in [5.41, 5.74) is 2.58. The Kier molecular flexibility index (Phi) is 3.59. The zero-order valence-corrected chi connectivity index (χ0v) is 10.6. The predicted octanol–water partition coefficient (Wildman–Crippen LogP) is 3.33. The molecule has 0 N–H and O–H groups in total. The average molecular weight is 218 g/mol. The SMILES string of the molecule is Cc1ccnc(C2CCCCN2C(C)C)c1. The van der Waals surface area contributed by atoms with Crippen molar-refractivity contribution >= 4 is 0 Å². The van der Waals surface area contributed by atoms with E-state index in [-0.39, 0.29) is 0 Å². The molecule has 1 aliphatic heterocycles. The Hall–Kier alpha value is -0.890. The Balaban J connectivity index is 2.23. The molecule has 2 heteroatoms. The van der Waals surface area contributed by atoms with Crippen LogP contribution in [0.2, 0.25) is 0 Å². The summed E-state index contributed by atoms with van der Waals surface area (Å²) in [4.78, 5) is 7.14. The number of likely N-dealkylation sites (tertiary alicyclic amines) is 1. The van der Waals surface area contributed by atoms with E-state index in [1.807, 2.05) is 6.20 Å². The van der Waals surface area contributed by atoms with Crippen LogP contribution in [0.25, 0.3) is 0 Å². The summed E-state index contributed by atoms with van der Waals surface area (Å²) >= 11 is 0. The Bertz CT molecular complexity index is 346. The second-order valence-electron chi connectivity index (χ2n) is 5.10. The van der Waals surface area contributed by atoms with E-state index in [4.69, 9.17) is 0 Å². The summed E-state index contributed by atoms with van der Waals surface area (Å²) in [6.45, 7) is 7.94. The first-order chi connectivity index (χ1) is 7.68. The van der Waals surface area contributed by atoms with E-state index in [9.17, 15) is 0 Å². The third-order valence-corrected chi connectivity index (χ3v) is 3.49. The van der Waals surface area contributed by atoms with Crippen LogP contribution < -0.4 is 0 Å². The summed E-state index contributed by atoms with van der Waals surface area (Å²) in [6.07, 6.45) is 5.87. The summed E-state index contributed by atoms with van der Waals surface area (Å²) in [5, 5.41) is 0. The molecular formula is C14H22N2. The number of hydrogen-bond acceptors (Lipinski definition) is 2. The van der Waals surface area contributed by atoms with Crippen LogP contribution in [-0.4, -0.2) is 22.5 Å². The van der Waals surface area contributed by atoms with E-state index in [0.29, 0.717) is 12.1 Å². The molecule has 0 bridgehead atoms. The average Bonchev–Trinajstić information content (AvgIpc) is 2.29. The molecule has 1 aromatic rings. The van der Waals surface area contributed by atoms with Gasteiger partial charge in [-0.05, 0) is 57.9 Å². The van der Waals surface area contributed by atoms with E-state index in [0.717, 1.165) is 0 Å². The minimum Gasteiger partial charge on any atom is -0.292 e. The van der Waals surface area contributed by atoms with Crippen LogP contribution in [0.4, 0.5) is 0 Å². The van der Waals surface area contributed by atoms with E-state index >= 15 is 0 Å². The first-order valence-electron chi connectivity index (χ1n) is 6.37. The lowest BCUT2D eigenvalue weighted by molar-refractivity contribution is 0.109. The third kappa shape index (κ3) is 2.43. The van der Waals surface area contributed by atoms with Crippen molar-refractivity contribution in [2.24, 2.45) is 0 Å². The van der Waals surface area contributed by atoms with Gasteiger partial charge >= 0.3 is 0 Å². The summed E-state index contributed by atoms with van der Waals surface area (Å²) in [7, 11) is 0. The maximum absolute atomic E-state index is 4.55. The van der Waals surface area contributed by atoms with Gasteiger partial charge in [-0.3, -0.25) is 9.88 Å². The molecule has 0 spiro atoms. The summed E-state index contributed by atoms with van der Waals surface area (Å²) in [6, 6.07) is 5.47. The molecule has 1 atom stereocenters. The van der Waals surface area contributed by atoms with Gasteiger partial charge in [-0.1, -0.05) is 6.42 Å². The van der Waals surface area contributed by atoms with Gasteiger partial charge in [0.15, 0.2) is 0 Å². The number of piperidine rings is 1. The first kappa shape index (κ1) is 11.6. The lowest BCUT2D eigenvalue weighted by Gasteiger charge is -2.38. The van der Waals surface area contributed by atoms with Gasteiger partial charge in [0.1, 0.15) is 0 Å². The summed E-state index contributed by atoms with van der Waals surface area (Å²) in [5.74, 6) is 0. The standard InChI is InChI=1S/C14H22N2/c1-11(2)16-9-5-4-6-14(16)13-10-12(3)7-8-15-13/h7-8,10-11,14H,4-6,9H2,1-3H3. The zero-order valence-electron chi connectivity index (χ0n) is 10.6. The van der Waals surface area contributed by atoms with Crippen LogP contribution >= 0.6 is 0 Å². The smallest absolute Gasteiger partial charge is 0.0578 e. The molecule has 0 aliphatic carbocycles. The molecule has 1 aromatic heterocycles. The van der Waals surface area contributed by atoms with Crippen molar-refractivity contribution < 1.29 is 0 Å². The van der Waals surface area contributed by atoms with Crippen molar-refractivity contribution in [3.8, 4) is 0 Å². The molecule has 1 aliphatic rings. The molecule has 2 heterocycles. The number of pyridine rings is 1. The third-order valence-electron chi connectivity index (χ3n) is 3.49. The van der Waals surface area contributed by atoms with Crippen LogP contribution in [0.5, 0.6) is 0 Å². The highest BCUT2D eigenvalue weighted by Crippen LogP contribution is 2.31. The second kappa shape index (κ2) is 4.96. The Morgan fingerprint density at radius 1 is 1.38 bits per heavy atom. The van der Waals surface area contributed by atoms with Gasteiger partial charge in [-0.2, -0.15) is 0 Å². The Morgan fingerprint density at radius 3 is 2.88 bits per heavy atom. The fourth-order valence-electron chi connectivity index (χ4n) is 2.63. The van der Waals surface area contributed by atoms with Crippen LogP contribution in [0, 0.1) is 6.92 Å². The number of aryl methyl sites for hydroxylation is 1. The van der Waals surface area contributed by atoms with Crippen LogP contribution in [-0.2, 0) is 0 Å². The molecule has 1 unspecified atom stereocenters. The Labute approximate surface area is 98.7 Å². The molecular weight excluding hydrogens is 196 g/mol. The second-order valence-corrected chi connectivity index (χ2v) is 5.10. The molecule has 2 nitrogen and oxygen atoms in total. The minimum atomic E-state index is 0.536. The van der Waals surface area contributed by atoms with Crippen molar-refractivity contribution in [3.63, 3.8) is 0 Å². The van der Waals surface area contributed by atoms with Gasteiger partial charge in [-0.25, -0.2) is 0 Å². The number of hydrogen-bond donors (Lipinski definition) is 0. The predicted molar refractivity (Wildman–Crippen MR) is 67.4 cm³/mol. The van der Waals surface area contributed by atoms with Crippen LogP contribution in [0.15, 0.2) is 18.3 Å². The number of aromatic nitrogens is 1. The van der Waals surface area contributed by atoms with Gasteiger partial charge in [0.2, 0.25) is 0 Å². The first-order valence-corrected chi connectivity index (χ1v) is 6.37. The molecule has 88 valence electrons. The lowest BCUT2D eigenvalue weighted by Crippen LogP contribution is -2.38. The lowest BCUT2D eigenvalue weighted by atomic mass is 9.96. The highest BCUT2D eigenvalue weighted by Gasteiger charge is 2.26. The van der Waals surface area contributed by atoms with Crippen LogP contribution in [0.3, 0.4) is 0 Å². The van der Waals surface area contributed by atoms with Gasteiger partial charge in [-0.15, -0.1) is 0 Å². The number of rotatable bonds is 2. The fourth-order valence-corrected chi connectivity index (χ4v) is 2.63. The van der Waals surface area contributed by atoms with E-state index in [1.165, 1.54) is 37.1 Å². The van der Waals surface area contributed by atoms with Gasteiger partial charge < -0.3 is 0 Å². The van der Waals surface area contributed by atoms with Crippen molar-refractivity contribution in [2.45, 2.75) is 52.1 Å². The van der Waals surface area contributed by atoms with E-state index in [2.05, 4.69) is 42.8 Å². The molecule has 0 amide bonds. The molecule has 2 rings (SSSR count). The van der Waals surface area contributed by atoms with E-state index < -0.39 is 0 Å². The maximum atomic E-state index is 4.55. The van der Waals surface area contributed by atoms with Crippen molar-refractivity contribution in [1.82, 2.24) is 9.88 Å². The minimum absolute atomic E-state index is 0.536. The molecule has 1 saturated heterocycles. The quantitative estimate of drug-likeness (QED) is 0.757. The normalized spacial score (nSPS) is 22.6.